The second kappa shape index (κ2) is 12.0. The summed E-state index contributed by atoms with van der Waals surface area (Å²) in [7, 11) is 1.57. The molecule has 0 aromatic heterocycles. The summed E-state index contributed by atoms with van der Waals surface area (Å²) >= 11 is 0. The molecule has 9 heteroatoms. The van der Waals surface area contributed by atoms with Crippen LogP contribution in [-0.2, 0) is 20.7 Å². The SMILES string of the molecule is C#Cc1ccc(NC(=O)C(Cc2ccccc2)N2C(=O)N[C@H](c3ccc(OCCOC)cc3)C2=O)c(F)c1. The second-order valence-corrected chi connectivity index (χ2v) is 8.53. The zero-order valence-corrected chi connectivity index (χ0v) is 20.6. The van der Waals surface area contributed by atoms with Gasteiger partial charge in [0.25, 0.3) is 5.91 Å². The van der Waals surface area contributed by atoms with E-state index in [4.69, 9.17) is 15.9 Å². The fraction of sp³-hybridized carbons (Fsp3) is 0.207. The van der Waals surface area contributed by atoms with Crippen LogP contribution in [0.4, 0.5) is 14.9 Å². The van der Waals surface area contributed by atoms with Gasteiger partial charge in [-0.15, -0.1) is 6.42 Å². The first-order chi connectivity index (χ1) is 18.4. The normalized spacial score (nSPS) is 15.5. The largest absolute Gasteiger partial charge is 0.491 e. The van der Waals surface area contributed by atoms with Gasteiger partial charge in [0.1, 0.15) is 30.3 Å². The van der Waals surface area contributed by atoms with Crippen molar-refractivity contribution in [1.82, 2.24) is 10.2 Å². The molecule has 1 saturated heterocycles. The van der Waals surface area contributed by atoms with E-state index in [9.17, 15) is 18.8 Å². The van der Waals surface area contributed by atoms with Crippen molar-refractivity contribution < 1.29 is 28.2 Å². The number of carbonyl (C=O) groups is 3. The number of ether oxygens (including phenoxy) is 2. The van der Waals surface area contributed by atoms with E-state index in [1.165, 1.54) is 12.1 Å². The maximum atomic E-state index is 14.5. The highest BCUT2D eigenvalue weighted by Crippen LogP contribution is 2.27. The van der Waals surface area contributed by atoms with Crippen LogP contribution in [0.15, 0.2) is 72.8 Å². The first-order valence-corrected chi connectivity index (χ1v) is 11.9. The summed E-state index contributed by atoms with van der Waals surface area (Å²) in [6, 6.07) is 16.6. The molecule has 2 N–H and O–H groups in total. The lowest BCUT2D eigenvalue weighted by Crippen LogP contribution is -2.49. The molecule has 0 radical (unpaired) electrons. The van der Waals surface area contributed by atoms with Gasteiger partial charge in [-0.05, 0) is 41.5 Å². The van der Waals surface area contributed by atoms with Crippen molar-refractivity contribution >= 4 is 23.5 Å². The molecule has 4 rings (SSSR count). The predicted molar refractivity (Wildman–Crippen MR) is 139 cm³/mol. The van der Waals surface area contributed by atoms with Crippen molar-refractivity contribution in [2.75, 3.05) is 25.6 Å². The standard InChI is InChI=1S/C29H26FN3O5/c1-3-19-9-14-24(23(30)17-19)31-27(34)25(18-20-7-5-4-6-8-20)33-28(35)26(32-29(33)36)21-10-12-22(13-11-21)38-16-15-37-2/h1,4-14,17,25-26H,15-16,18H2,2H3,(H,31,34)(H,32,36)/t25?,26-/m1/s1. The third-order valence-electron chi connectivity index (χ3n) is 6.02. The van der Waals surface area contributed by atoms with Crippen LogP contribution in [0.1, 0.15) is 22.7 Å². The molecule has 4 amide bonds. The number of nitrogens with zero attached hydrogens (tertiary/aromatic N) is 1. The molecule has 0 saturated carbocycles. The van der Waals surface area contributed by atoms with E-state index >= 15 is 0 Å². The van der Waals surface area contributed by atoms with Crippen molar-refractivity contribution in [1.29, 1.82) is 0 Å². The van der Waals surface area contributed by atoms with Crippen molar-refractivity contribution in [3.63, 3.8) is 0 Å². The van der Waals surface area contributed by atoms with Crippen LogP contribution in [0.5, 0.6) is 5.75 Å². The Morgan fingerprint density at radius 1 is 1.11 bits per heavy atom. The van der Waals surface area contributed by atoms with Crippen LogP contribution in [0.2, 0.25) is 0 Å². The Kier molecular flexibility index (Phi) is 8.36. The lowest BCUT2D eigenvalue weighted by Gasteiger charge is -2.25. The number of imide groups is 1. The molecule has 1 fully saturated rings. The number of amides is 4. The molecule has 1 heterocycles. The van der Waals surface area contributed by atoms with E-state index in [1.54, 1.807) is 55.6 Å². The molecule has 0 aliphatic carbocycles. The first kappa shape index (κ1) is 26.4. The van der Waals surface area contributed by atoms with E-state index in [1.807, 2.05) is 6.07 Å². The number of carbonyl (C=O) groups excluding carboxylic acids is 3. The van der Waals surface area contributed by atoms with Gasteiger partial charge in [0, 0.05) is 19.1 Å². The average molecular weight is 516 g/mol. The molecule has 1 unspecified atom stereocenters. The third kappa shape index (κ3) is 5.99. The highest BCUT2D eigenvalue weighted by molar-refractivity contribution is 6.09. The Morgan fingerprint density at radius 3 is 2.50 bits per heavy atom. The van der Waals surface area contributed by atoms with E-state index in [-0.39, 0.29) is 12.1 Å². The Morgan fingerprint density at radius 2 is 1.84 bits per heavy atom. The van der Waals surface area contributed by atoms with Gasteiger partial charge < -0.3 is 20.1 Å². The lowest BCUT2D eigenvalue weighted by atomic mass is 10.0. The molecule has 38 heavy (non-hydrogen) atoms. The Balaban J connectivity index is 1.57. The topological polar surface area (TPSA) is 97.0 Å². The van der Waals surface area contributed by atoms with Crippen molar-refractivity contribution in [3.8, 4) is 18.1 Å². The second-order valence-electron chi connectivity index (χ2n) is 8.53. The summed E-state index contributed by atoms with van der Waals surface area (Å²) < 4.78 is 25.1. The smallest absolute Gasteiger partial charge is 0.325 e. The van der Waals surface area contributed by atoms with Gasteiger partial charge in [-0.2, -0.15) is 0 Å². The van der Waals surface area contributed by atoms with E-state index < -0.39 is 35.7 Å². The molecular formula is C29H26FN3O5. The highest BCUT2D eigenvalue weighted by atomic mass is 19.1. The molecule has 8 nitrogen and oxygen atoms in total. The molecule has 1 aliphatic heterocycles. The van der Waals surface area contributed by atoms with Gasteiger partial charge in [0.05, 0.1) is 12.3 Å². The molecule has 0 spiro atoms. The van der Waals surface area contributed by atoms with Crippen LogP contribution in [0.25, 0.3) is 0 Å². The molecule has 2 atom stereocenters. The number of anilines is 1. The minimum Gasteiger partial charge on any atom is -0.491 e. The molecule has 3 aromatic rings. The summed E-state index contributed by atoms with van der Waals surface area (Å²) in [5.74, 6) is 0.869. The van der Waals surface area contributed by atoms with Crippen LogP contribution in [0, 0.1) is 18.2 Å². The van der Waals surface area contributed by atoms with Crippen LogP contribution in [-0.4, -0.2) is 49.1 Å². The number of benzene rings is 3. The number of urea groups is 1. The Bertz CT molecular complexity index is 1350. The number of nitrogens with one attached hydrogen (secondary N) is 2. The average Bonchev–Trinajstić information content (AvgIpc) is 3.22. The first-order valence-electron chi connectivity index (χ1n) is 11.9. The predicted octanol–water partition coefficient (Wildman–Crippen LogP) is 3.68. The number of hydrogen-bond acceptors (Lipinski definition) is 5. The van der Waals surface area contributed by atoms with Crippen LogP contribution < -0.4 is 15.4 Å². The monoisotopic (exact) mass is 515 g/mol. The highest BCUT2D eigenvalue weighted by Gasteiger charge is 2.45. The summed E-state index contributed by atoms with van der Waals surface area (Å²) in [4.78, 5) is 40.8. The van der Waals surface area contributed by atoms with Gasteiger partial charge in [-0.3, -0.25) is 9.59 Å². The van der Waals surface area contributed by atoms with Gasteiger partial charge in [-0.25, -0.2) is 14.1 Å². The minimum atomic E-state index is -1.24. The molecule has 3 aromatic carbocycles. The van der Waals surface area contributed by atoms with Gasteiger partial charge in [0.15, 0.2) is 0 Å². The Labute approximate surface area is 219 Å². The van der Waals surface area contributed by atoms with E-state index in [2.05, 4.69) is 16.6 Å². The minimum absolute atomic E-state index is 0.0366. The number of hydrogen-bond donors (Lipinski definition) is 2. The van der Waals surface area contributed by atoms with Gasteiger partial charge in [-0.1, -0.05) is 48.4 Å². The van der Waals surface area contributed by atoms with Gasteiger partial charge >= 0.3 is 6.03 Å². The van der Waals surface area contributed by atoms with E-state index in [0.29, 0.717) is 30.1 Å². The van der Waals surface area contributed by atoms with Crippen LogP contribution >= 0.6 is 0 Å². The Hall–Kier alpha value is -4.68. The fourth-order valence-corrected chi connectivity index (χ4v) is 4.08. The number of halogens is 1. The van der Waals surface area contributed by atoms with Gasteiger partial charge in [0.2, 0.25) is 5.91 Å². The quantitative estimate of drug-likeness (QED) is 0.244. The molecule has 1 aliphatic rings. The molecule has 0 bridgehead atoms. The summed E-state index contributed by atoms with van der Waals surface area (Å²) in [6.07, 6.45) is 5.35. The lowest BCUT2D eigenvalue weighted by molar-refractivity contribution is -0.134. The maximum Gasteiger partial charge on any atom is 0.325 e. The summed E-state index contributed by atoms with van der Waals surface area (Å²) in [5, 5.41) is 5.16. The van der Waals surface area contributed by atoms with Crippen LogP contribution in [0.3, 0.4) is 0 Å². The van der Waals surface area contributed by atoms with Crippen molar-refractivity contribution in [2.45, 2.75) is 18.5 Å². The fourth-order valence-electron chi connectivity index (χ4n) is 4.08. The maximum absolute atomic E-state index is 14.5. The van der Waals surface area contributed by atoms with Crippen molar-refractivity contribution in [3.05, 3.63) is 95.3 Å². The number of rotatable bonds is 10. The summed E-state index contributed by atoms with van der Waals surface area (Å²) in [6.45, 7) is 0.793. The number of terminal acetylenes is 1. The van der Waals surface area contributed by atoms with Crippen molar-refractivity contribution in [2.24, 2.45) is 0 Å². The zero-order chi connectivity index (χ0) is 27.1. The summed E-state index contributed by atoms with van der Waals surface area (Å²) in [5.41, 5.74) is 1.45. The molecule has 194 valence electrons. The zero-order valence-electron chi connectivity index (χ0n) is 20.6. The number of methoxy groups -OCH3 is 1. The van der Waals surface area contributed by atoms with E-state index in [0.717, 1.165) is 16.5 Å². The molecular weight excluding hydrogens is 489 g/mol. The third-order valence-corrected chi connectivity index (χ3v) is 6.02.